The minimum atomic E-state index is -3.76. The lowest BCUT2D eigenvalue weighted by Gasteiger charge is -2.05. The van der Waals surface area contributed by atoms with E-state index in [1.165, 1.54) is 0 Å². The molecule has 0 aromatic carbocycles. The first-order valence-corrected chi connectivity index (χ1v) is 8.57. The van der Waals surface area contributed by atoms with Gasteiger partial charge in [0.05, 0.1) is 24.1 Å². The summed E-state index contributed by atoms with van der Waals surface area (Å²) in [5.74, 6) is 0. The lowest BCUT2D eigenvalue weighted by molar-refractivity contribution is 0.593. The quantitative estimate of drug-likeness (QED) is 0.858. The third-order valence-corrected chi connectivity index (χ3v) is 4.41. The number of hydrogen-bond donors (Lipinski definition) is 1. The molecule has 0 saturated carbocycles. The van der Waals surface area contributed by atoms with Crippen molar-refractivity contribution in [1.29, 1.82) is 0 Å². The molecule has 116 valence electrons. The molecule has 0 bridgehead atoms. The van der Waals surface area contributed by atoms with Crippen molar-refractivity contribution in [2.24, 2.45) is 5.14 Å². The van der Waals surface area contributed by atoms with E-state index < -0.39 is 10.0 Å². The van der Waals surface area contributed by atoms with Gasteiger partial charge in [-0.3, -0.25) is 9.36 Å². The molecule has 8 heteroatoms. The Bertz CT molecular complexity index is 730. The predicted molar refractivity (Wildman–Crippen MR) is 79.4 cm³/mol. The molecular weight excluding hydrogens is 290 g/mol. The Morgan fingerprint density at radius 3 is 2.43 bits per heavy atom. The van der Waals surface area contributed by atoms with Crippen LogP contribution in [0.2, 0.25) is 0 Å². The third-order valence-electron chi connectivity index (χ3n) is 3.37. The zero-order valence-corrected chi connectivity index (χ0v) is 13.4. The third kappa shape index (κ3) is 3.16. The van der Waals surface area contributed by atoms with Crippen molar-refractivity contribution in [3.05, 3.63) is 29.3 Å². The number of aromatic nitrogens is 4. The van der Waals surface area contributed by atoms with Crippen LogP contribution in [-0.4, -0.2) is 28.0 Å². The van der Waals surface area contributed by atoms with Gasteiger partial charge in [-0.1, -0.05) is 13.8 Å². The summed E-state index contributed by atoms with van der Waals surface area (Å²) in [7, 11) is -3.76. The molecule has 2 N–H and O–H groups in total. The van der Waals surface area contributed by atoms with E-state index in [1.54, 1.807) is 10.9 Å². The summed E-state index contributed by atoms with van der Waals surface area (Å²) in [4.78, 5) is 0.176. The van der Waals surface area contributed by atoms with E-state index >= 15 is 0 Å². The number of nitrogens with zero attached hydrogens (tertiary/aromatic N) is 4. The predicted octanol–water partition coefficient (Wildman–Crippen LogP) is 0.920. The van der Waals surface area contributed by atoms with E-state index in [2.05, 4.69) is 10.2 Å². The van der Waals surface area contributed by atoms with E-state index in [0.717, 1.165) is 12.1 Å². The fraction of sp³-hybridized carbons (Fsp3) is 0.538. The van der Waals surface area contributed by atoms with Crippen molar-refractivity contribution in [2.75, 3.05) is 0 Å². The Morgan fingerprint density at radius 1 is 1.24 bits per heavy atom. The van der Waals surface area contributed by atoms with E-state index in [9.17, 15) is 8.42 Å². The minimum absolute atomic E-state index is 0.176. The summed E-state index contributed by atoms with van der Waals surface area (Å²) in [5.41, 5.74) is 2.16. The van der Waals surface area contributed by atoms with Crippen molar-refractivity contribution >= 4 is 10.0 Å². The maximum atomic E-state index is 11.8. The van der Waals surface area contributed by atoms with Gasteiger partial charge in [-0.15, -0.1) is 0 Å². The van der Waals surface area contributed by atoms with Crippen LogP contribution in [-0.2, 0) is 36.0 Å². The van der Waals surface area contributed by atoms with Gasteiger partial charge in [-0.2, -0.15) is 10.2 Å². The highest BCUT2D eigenvalue weighted by Gasteiger charge is 2.24. The molecule has 0 atom stereocenters. The molecule has 0 spiro atoms. The van der Waals surface area contributed by atoms with Gasteiger partial charge < -0.3 is 0 Å². The highest BCUT2D eigenvalue weighted by Crippen LogP contribution is 2.21. The lowest BCUT2D eigenvalue weighted by atomic mass is 10.2. The second-order valence-electron chi connectivity index (χ2n) is 4.84. The van der Waals surface area contributed by atoms with E-state index in [1.807, 2.05) is 31.6 Å². The van der Waals surface area contributed by atoms with Gasteiger partial charge in [0, 0.05) is 18.3 Å². The van der Waals surface area contributed by atoms with Crippen LogP contribution in [0.1, 0.15) is 37.7 Å². The number of aryl methyl sites for hydroxylation is 2. The standard InChI is InChI=1S/C13H21N5O2S/c1-4-11-13(21(14,19)20)12(5-2)18(16-11)9-10-7-15-17(6-3)8-10/h7-8H,4-6,9H2,1-3H3,(H2,14,19,20). The van der Waals surface area contributed by atoms with E-state index in [-0.39, 0.29) is 4.90 Å². The average molecular weight is 311 g/mol. The molecule has 2 heterocycles. The van der Waals surface area contributed by atoms with Crippen LogP contribution >= 0.6 is 0 Å². The van der Waals surface area contributed by atoms with Crippen LogP contribution in [0.15, 0.2) is 17.3 Å². The number of primary sulfonamides is 1. The van der Waals surface area contributed by atoms with Crippen molar-refractivity contribution in [3.8, 4) is 0 Å². The fourth-order valence-corrected chi connectivity index (χ4v) is 3.49. The first kappa shape index (κ1) is 15.7. The van der Waals surface area contributed by atoms with Crippen LogP contribution in [0.5, 0.6) is 0 Å². The van der Waals surface area contributed by atoms with Crippen molar-refractivity contribution in [3.63, 3.8) is 0 Å². The molecule has 0 aliphatic rings. The second kappa shape index (κ2) is 5.98. The van der Waals surface area contributed by atoms with Gasteiger partial charge in [0.15, 0.2) is 0 Å². The zero-order valence-electron chi connectivity index (χ0n) is 12.6. The van der Waals surface area contributed by atoms with E-state index in [4.69, 9.17) is 5.14 Å². The van der Waals surface area contributed by atoms with Gasteiger partial charge >= 0.3 is 0 Å². The maximum absolute atomic E-state index is 11.8. The fourth-order valence-electron chi connectivity index (χ4n) is 2.40. The van der Waals surface area contributed by atoms with Crippen LogP contribution in [0, 0.1) is 0 Å². The molecule has 0 fully saturated rings. The molecule has 0 aliphatic carbocycles. The summed E-state index contributed by atoms with van der Waals surface area (Å²) in [6.07, 6.45) is 4.79. The number of hydrogen-bond acceptors (Lipinski definition) is 4. The molecule has 21 heavy (non-hydrogen) atoms. The first-order valence-electron chi connectivity index (χ1n) is 7.03. The van der Waals surface area contributed by atoms with Crippen molar-refractivity contribution in [2.45, 2.75) is 51.6 Å². The first-order chi connectivity index (χ1) is 9.90. The Balaban J connectivity index is 2.46. The van der Waals surface area contributed by atoms with Crippen molar-refractivity contribution in [1.82, 2.24) is 19.6 Å². The molecule has 2 rings (SSSR count). The average Bonchev–Trinajstić information content (AvgIpc) is 3.02. The van der Waals surface area contributed by atoms with Crippen LogP contribution in [0.4, 0.5) is 0 Å². The zero-order chi connectivity index (χ0) is 15.6. The number of rotatable bonds is 6. The summed E-state index contributed by atoms with van der Waals surface area (Å²) in [6, 6.07) is 0. The summed E-state index contributed by atoms with van der Waals surface area (Å²) in [6.45, 7) is 7.07. The molecule has 0 amide bonds. The monoisotopic (exact) mass is 311 g/mol. The van der Waals surface area contributed by atoms with Crippen LogP contribution in [0.3, 0.4) is 0 Å². The molecule has 0 unspecified atom stereocenters. The normalized spacial score (nSPS) is 12.0. The Hall–Kier alpha value is -1.67. The Morgan fingerprint density at radius 2 is 1.95 bits per heavy atom. The Labute approximate surface area is 124 Å². The molecule has 0 aliphatic heterocycles. The van der Waals surface area contributed by atoms with Crippen LogP contribution < -0.4 is 5.14 Å². The smallest absolute Gasteiger partial charge is 0.241 e. The number of nitrogens with two attached hydrogens (primary N) is 1. The van der Waals surface area contributed by atoms with Crippen LogP contribution in [0.25, 0.3) is 0 Å². The lowest BCUT2D eigenvalue weighted by Crippen LogP contribution is -2.16. The molecule has 0 radical (unpaired) electrons. The molecule has 2 aromatic rings. The van der Waals surface area contributed by atoms with Gasteiger partial charge in [-0.25, -0.2) is 13.6 Å². The minimum Gasteiger partial charge on any atom is -0.273 e. The molecular formula is C13H21N5O2S. The molecule has 0 saturated heterocycles. The van der Waals surface area contributed by atoms with Gasteiger partial charge in [0.25, 0.3) is 0 Å². The highest BCUT2D eigenvalue weighted by molar-refractivity contribution is 7.89. The Kier molecular flexibility index (Phi) is 4.48. The second-order valence-corrected chi connectivity index (χ2v) is 6.33. The van der Waals surface area contributed by atoms with Crippen molar-refractivity contribution < 1.29 is 8.42 Å². The largest absolute Gasteiger partial charge is 0.273 e. The topological polar surface area (TPSA) is 95.8 Å². The highest BCUT2D eigenvalue weighted by atomic mass is 32.2. The van der Waals surface area contributed by atoms with Gasteiger partial charge in [-0.05, 0) is 19.8 Å². The van der Waals surface area contributed by atoms with E-state index in [0.29, 0.717) is 30.8 Å². The summed E-state index contributed by atoms with van der Waals surface area (Å²) in [5, 5.41) is 14.0. The van der Waals surface area contributed by atoms with Gasteiger partial charge in [0.1, 0.15) is 4.90 Å². The van der Waals surface area contributed by atoms with Gasteiger partial charge in [0.2, 0.25) is 10.0 Å². The molecule has 7 nitrogen and oxygen atoms in total. The SMILES string of the molecule is CCc1nn(Cc2cnn(CC)c2)c(CC)c1S(N)(=O)=O. The maximum Gasteiger partial charge on any atom is 0.241 e. The number of sulfonamides is 1. The summed E-state index contributed by atoms with van der Waals surface area (Å²) < 4.78 is 27.2. The summed E-state index contributed by atoms with van der Waals surface area (Å²) >= 11 is 0. The molecule has 2 aromatic heterocycles.